The van der Waals surface area contributed by atoms with Crippen molar-refractivity contribution in [3.05, 3.63) is 64.2 Å². The second kappa shape index (κ2) is 8.09. The van der Waals surface area contributed by atoms with Gasteiger partial charge in [0.1, 0.15) is 22.9 Å². The van der Waals surface area contributed by atoms with E-state index in [1.54, 1.807) is 6.92 Å². The zero-order valence-corrected chi connectivity index (χ0v) is 17.6. The predicted octanol–water partition coefficient (Wildman–Crippen LogP) is 6.57. The van der Waals surface area contributed by atoms with E-state index in [2.05, 4.69) is 5.32 Å². The van der Waals surface area contributed by atoms with Crippen molar-refractivity contribution < 1.29 is 31.5 Å². The van der Waals surface area contributed by atoms with Gasteiger partial charge in [-0.05, 0) is 63.1 Å². The number of carbonyl (C=O) groups excluding carboxylic acids is 1. The van der Waals surface area contributed by atoms with Crippen molar-refractivity contribution in [2.45, 2.75) is 33.9 Å². The first-order chi connectivity index (χ1) is 14.4. The first-order valence-electron chi connectivity index (χ1n) is 9.37. The van der Waals surface area contributed by atoms with E-state index in [-0.39, 0.29) is 5.69 Å². The third kappa shape index (κ3) is 4.28. The SMILES string of the molecule is COc1c(/C(C)=C/C(=O)Nc2ccc(F)c(C(F)(F)F)c2)cc2c(C)c(C)oc2c1C. The number of anilines is 1. The average Bonchev–Trinajstić information content (AvgIpc) is 2.97. The zero-order valence-electron chi connectivity index (χ0n) is 17.6. The molecule has 0 spiro atoms. The number of halogens is 4. The minimum atomic E-state index is -4.86. The van der Waals surface area contributed by atoms with Crippen LogP contribution in [0.2, 0.25) is 0 Å². The van der Waals surface area contributed by atoms with Crippen LogP contribution in [0.25, 0.3) is 16.5 Å². The molecule has 8 heteroatoms. The number of carbonyl (C=O) groups is 1. The Kier molecular flexibility index (Phi) is 5.85. The molecule has 0 fully saturated rings. The number of aryl methyl sites for hydroxylation is 3. The van der Waals surface area contributed by atoms with Crippen molar-refractivity contribution in [3.63, 3.8) is 0 Å². The Bertz CT molecular complexity index is 1210. The third-order valence-electron chi connectivity index (χ3n) is 5.16. The van der Waals surface area contributed by atoms with E-state index in [4.69, 9.17) is 9.15 Å². The molecule has 0 bridgehead atoms. The molecule has 0 aliphatic rings. The molecule has 0 unspecified atom stereocenters. The smallest absolute Gasteiger partial charge is 0.419 e. The highest BCUT2D eigenvalue weighted by Crippen LogP contribution is 2.39. The Labute approximate surface area is 176 Å². The lowest BCUT2D eigenvalue weighted by atomic mass is 9.98. The lowest BCUT2D eigenvalue weighted by molar-refractivity contribution is -0.140. The monoisotopic (exact) mass is 435 g/mol. The van der Waals surface area contributed by atoms with Gasteiger partial charge in [0, 0.05) is 28.3 Å². The van der Waals surface area contributed by atoms with Crippen LogP contribution >= 0.6 is 0 Å². The minimum absolute atomic E-state index is 0.164. The van der Waals surface area contributed by atoms with Crippen molar-refractivity contribution in [1.29, 1.82) is 0 Å². The Morgan fingerprint density at radius 3 is 2.42 bits per heavy atom. The molecular formula is C23H21F4NO3. The fourth-order valence-electron chi connectivity index (χ4n) is 3.44. The summed E-state index contributed by atoms with van der Waals surface area (Å²) in [6.45, 7) is 7.32. The van der Waals surface area contributed by atoms with E-state index < -0.39 is 23.5 Å². The Morgan fingerprint density at radius 1 is 1.13 bits per heavy atom. The number of fused-ring (bicyclic) bond motifs is 1. The average molecular weight is 435 g/mol. The molecule has 0 saturated heterocycles. The van der Waals surface area contributed by atoms with Crippen LogP contribution in [0.5, 0.6) is 5.75 Å². The summed E-state index contributed by atoms with van der Waals surface area (Å²) >= 11 is 0. The van der Waals surface area contributed by atoms with Gasteiger partial charge in [-0.15, -0.1) is 0 Å². The summed E-state index contributed by atoms with van der Waals surface area (Å²) in [5.74, 6) is -0.758. The summed E-state index contributed by atoms with van der Waals surface area (Å²) in [5, 5.41) is 3.23. The van der Waals surface area contributed by atoms with E-state index in [9.17, 15) is 22.4 Å². The van der Waals surface area contributed by atoms with Crippen molar-refractivity contribution in [1.82, 2.24) is 0 Å². The number of hydrogen-bond donors (Lipinski definition) is 1. The number of benzene rings is 2. The van der Waals surface area contributed by atoms with E-state index >= 15 is 0 Å². The van der Waals surface area contributed by atoms with Gasteiger partial charge in [-0.3, -0.25) is 4.79 Å². The molecular weight excluding hydrogens is 414 g/mol. The van der Waals surface area contributed by atoms with E-state index in [0.29, 0.717) is 34.6 Å². The van der Waals surface area contributed by atoms with Gasteiger partial charge in [0.05, 0.1) is 12.7 Å². The van der Waals surface area contributed by atoms with Gasteiger partial charge >= 0.3 is 6.18 Å². The van der Waals surface area contributed by atoms with Crippen molar-refractivity contribution >= 4 is 28.1 Å². The van der Waals surface area contributed by atoms with Crippen LogP contribution in [0.3, 0.4) is 0 Å². The van der Waals surface area contributed by atoms with Crippen LogP contribution < -0.4 is 10.1 Å². The second-order valence-electron chi connectivity index (χ2n) is 7.25. The van der Waals surface area contributed by atoms with Crippen molar-refractivity contribution in [3.8, 4) is 5.75 Å². The predicted molar refractivity (Wildman–Crippen MR) is 111 cm³/mol. The van der Waals surface area contributed by atoms with Crippen molar-refractivity contribution in [2.75, 3.05) is 12.4 Å². The van der Waals surface area contributed by atoms with Crippen LogP contribution in [0.1, 0.15) is 34.9 Å². The number of amides is 1. The second-order valence-corrected chi connectivity index (χ2v) is 7.25. The fraction of sp³-hybridized carbons (Fsp3) is 0.261. The van der Waals surface area contributed by atoms with E-state index in [0.717, 1.165) is 28.3 Å². The highest BCUT2D eigenvalue weighted by Gasteiger charge is 2.34. The summed E-state index contributed by atoms with van der Waals surface area (Å²) in [6, 6.07) is 4.15. The molecule has 1 aromatic heterocycles. The standard InChI is InChI=1S/C23H21F4NO3/c1-11(8-20(29)28-15-6-7-19(24)18(9-15)23(25,26)27)16-10-17-12(2)14(4)31-22(17)13(3)21(16)30-5/h6-10H,1-5H3,(H,28,29)/b11-8+. The van der Waals surface area contributed by atoms with E-state index in [1.165, 1.54) is 13.2 Å². The molecule has 164 valence electrons. The number of hydrogen-bond acceptors (Lipinski definition) is 3. The van der Waals surface area contributed by atoms with Crippen LogP contribution in [0, 0.1) is 26.6 Å². The maximum atomic E-state index is 13.5. The van der Waals surface area contributed by atoms with Crippen LogP contribution in [-0.4, -0.2) is 13.0 Å². The maximum Gasteiger partial charge on any atom is 0.419 e. The highest BCUT2D eigenvalue weighted by atomic mass is 19.4. The van der Waals surface area contributed by atoms with Crippen LogP contribution in [0.15, 0.2) is 34.8 Å². The van der Waals surface area contributed by atoms with Crippen LogP contribution in [-0.2, 0) is 11.0 Å². The van der Waals surface area contributed by atoms with Crippen molar-refractivity contribution in [2.24, 2.45) is 0 Å². The molecule has 2 aromatic carbocycles. The number of allylic oxidation sites excluding steroid dienone is 1. The summed E-state index contributed by atoms with van der Waals surface area (Å²) < 4.78 is 63.5. The molecule has 1 N–H and O–H groups in total. The molecule has 31 heavy (non-hydrogen) atoms. The van der Waals surface area contributed by atoms with Gasteiger partial charge in [-0.25, -0.2) is 4.39 Å². The van der Waals surface area contributed by atoms with Gasteiger partial charge < -0.3 is 14.5 Å². The third-order valence-corrected chi connectivity index (χ3v) is 5.16. The van der Waals surface area contributed by atoms with Gasteiger partial charge in [0.15, 0.2) is 0 Å². The molecule has 0 radical (unpaired) electrons. The number of furan rings is 1. The van der Waals surface area contributed by atoms with Crippen LogP contribution in [0.4, 0.5) is 23.2 Å². The summed E-state index contributed by atoms with van der Waals surface area (Å²) in [4.78, 5) is 12.4. The molecule has 0 atom stereocenters. The summed E-state index contributed by atoms with van der Waals surface area (Å²) in [5.41, 5.74) is 2.01. The Morgan fingerprint density at radius 2 is 1.81 bits per heavy atom. The Hall–Kier alpha value is -3.29. The largest absolute Gasteiger partial charge is 0.496 e. The van der Waals surface area contributed by atoms with Gasteiger partial charge in [-0.1, -0.05) is 0 Å². The normalized spacial score (nSPS) is 12.4. The molecule has 4 nitrogen and oxygen atoms in total. The maximum absolute atomic E-state index is 13.5. The molecule has 0 saturated carbocycles. The van der Waals surface area contributed by atoms with Gasteiger partial charge in [0.2, 0.25) is 5.91 Å². The highest BCUT2D eigenvalue weighted by molar-refractivity contribution is 6.05. The Balaban J connectivity index is 1.97. The number of rotatable bonds is 4. The molecule has 0 aliphatic carbocycles. The molecule has 3 aromatic rings. The fourth-order valence-corrected chi connectivity index (χ4v) is 3.44. The number of alkyl halides is 3. The quantitative estimate of drug-likeness (QED) is 0.373. The topological polar surface area (TPSA) is 51.5 Å². The van der Waals surface area contributed by atoms with E-state index in [1.807, 2.05) is 26.8 Å². The molecule has 1 amide bonds. The molecule has 3 rings (SSSR count). The minimum Gasteiger partial charge on any atom is -0.496 e. The lowest BCUT2D eigenvalue weighted by Gasteiger charge is -2.13. The summed E-state index contributed by atoms with van der Waals surface area (Å²) in [7, 11) is 1.50. The lowest BCUT2D eigenvalue weighted by Crippen LogP contribution is -2.12. The number of nitrogens with one attached hydrogen (secondary N) is 1. The first kappa shape index (κ1) is 22.4. The molecule has 0 aliphatic heterocycles. The summed E-state index contributed by atoms with van der Waals surface area (Å²) in [6.07, 6.45) is -3.61. The number of ether oxygens (including phenoxy) is 1. The number of methoxy groups -OCH3 is 1. The molecule has 1 heterocycles. The van der Waals surface area contributed by atoms with Gasteiger partial charge in [0.25, 0.3) is 0 Å². The zero-order chi connectivity index (χ0) is 23.1. The first-order valence-corrected chi connectivity index (χ1v) is 9.37. The van der Waals surface area contributed by atoms with Gasteiger partial charge in [-0.2, -0.15) is 13.2 Å².